The van der Waals surface area contributed by atoms with Crippen LogP contribution in [0.2, 0.25) is 0 Å². The van der Waals surface area contributed by atoms with Crippen LogP contribution in [0.4, 0.5) is 0 Å². The maximum Gasteiger partial charge on any atom is 0.320 e. The van der Waals surface area contributed by atoms with Crippen LogP contribution in [0.1, 0.15) is 20.3 Å². The first-order valence-corrected chi connectivity index (χ1v) is 4.15. The quantitative estimate of drug-likeness (QED) is 0.500. The lowest BCUT2D eigenvalue weighted by atomic mass is 10.0. The summed E-state index contributed by atoms with van der Waals surface area (Å²) in [6.07, 6.45) is 0.221. The minimum absolute atomic E-state index is 0.221. The molecule has 0 aliphatic carbocycles. The Hall–Kier alpha value is -0.620. The number of rotatable bonds is 5. The molecule has 0 radical (unpaired) electrons. The van der Waals surface area contributed by atoms with Gasteiger partial charge >= 0.3 is 5.97 Å². The van der Waals surface area contributed by atoms with Gasteiger partial charge in [0.1, 0.15) is 6.04 Å². The van der Waals surface area contributed by atoms with Crippen molar-refractivity contribution in [3.8, 4) is 0 Å². The Morgan fingerprint density at radius 2 is 2.25 bits per heavy atom. The molecule has 0 fully saturated rings. The van der Waals surface area contributed by atoms with Crippen LogP contribution >= 0.6 is 11.9 Å². The highest BCUT2D eigenvalue weighted by atomic mass is 32.2. The molecule has 0 aliphatic rings. The van der Waals surface area contributed by atoms with Crippen LogP contribution in [0.15, 0.2) is 4.58 Å². The van der Waals surface area contributed by atoms with Gasteiger partial charge in [0, 0.05) is 21.3 Å². The minimum atomic E-state index is -1.06. The second-order valence-corrected chi connectivity index (χ2v) is 4.51. The second-order valence-electron chi connectivity index (χ2n) is 3.07. The molecule has 0 aromatic heterocycles. The van der Waals surface area contributed by atoms with Gasteiger partial charge in [0.05, 0.1) is 0 Å². The number of nitroso groups, excluding NO2 is 1. The molecule has 0 heterocycles. The van der Waals surface area contributed by atoms with Crippen molar-refractivity contribution in [3.05, 3.63) is 4.91 Å². The van der Waals surface area contributed by atoms with Gasteiger partial charge < -0.3 is 10.8 Å². The fourth-order valence-electron chi connectivity index (χ4n) is 0.755. The van der Waals surface area contributed by atoms with Gasteiger partial charge in [0.25, 0.3) is 0 Å². The molecule has 6 heteroatoms. The van der Waals surface area contributed by atoms with E-state index in [4.69, 9.17) is 10.8 Å². The van der Waals surface area contributed by atoms with Crippen molar-refractivity contribution in [2.75, 3.05) is 0 Å². The third-order valence-electron chi connectivity index (χ3n) is 1.31. The summed E-state index contributed by atoms with van der Waals surface area (Å²) in [5.41, 5.74) is 5.28. The summed E-state index contributed by atoms with van der Waals surface area (Å²) in [7, 11) is 0. The SMILES string of the molecule is CC(C)(C[C@H](N)C(=O)O)SN=O. The van der Waals surface area contributed by atoms with Crippen molar-refractivity contribution in [2.24, 2.45) is 10.3 Å². The van der Waals surface area contributed by atoms with Crippen LogP contribution < -0.4 is 5.73 Å². The summed E-state index contributed by atoms with van der Waals surface area (Å²) in [5.74, 6) is -1.06. The van der Waals surface area contributed by atoms with Crippen LogP contribution in [-0.2, 0) is 4.79 Å². The van der Waals surface area contributed by atoms with Crippen LogP contribution in [0.5, 0.6) is 0 Å². The smallest absolute Gasteiger partial charge is 0.320 e. The van der Waals surface area contributed by atoms with Crippen LogP contribution in [-0.4, -0.2) is 21.9 Å². The Morgan fingerprint density at radius 1 is 1.75 bits per heavy atom. The first-order valence-electron chi connectivity index (χ1n) is 3.38. The molecule has 0 saturated heterocycles. The maximum atomic E-state index is 10.3. The van der Waals surface area contributed by atoms with Gasteiger partial charge in [0.15, 0.2) is 0 Å². The predicted molar refractivity (Wildman–Crippen MR) is 47.7 cm³/mol. The van der Waals surface area contributed by atoms with Crippen molar-refractivity contribution in [1.29, 1.82) is 0 Å². The summed E-state index contributed by atoms with van der Waals surface area (Å²) in [6, 6.07) is -0.936. The Labute approximate surface area is 74.8 Å². The fourth-order valence-corrected chi connectivity index (χ4v) is 1.21. The number of carboxylic acid groups (broad SMARTS) is 1. The Bertz CT molecular complexity index is 184. The standard InChI is InChI=1S/C6H12N2O3S/c1-6(2,12-8-11)3-4(7)5(9)10/h4H,3,7H2,1-2H3,(H,9,10)/t4-/m0/s1. The summed E-state index contributed by atoms with van der Waals surface area (Å²) in [5, 5.41) is 8.47. The monoisotopic (exact) mass is 192 g/mol. The first kappa shape index (κ1) is 11.4. The van der Waals surface area contributed by atoms with E-state index in [-0.39, 0.29) is 6.42 Å². The Balaban J connectivity index is 4.04. The lowest BCUT2D eigenvalue weighted by Gasteiger charge is -2.21. The van der Waals surface area contributed by atoms with Gasteiger partial charge in [-0.2, -0.15) is 0 Å². The van der Waals surface area contributed by atoms with Gasteiger partial charge in [-0.1, -0.05) is 0 Å². The number of hydrogen-bond acceptors (Lipinski definition) is 5. The molecule has 0 spiro atoms. The Morgan fingerprint density at radius 3 is 2.58 bits per heavy atom. The van der Waals surface area contributed by atoms with E-state index in [1.54, 1.807) is 13.8 Å². The molecule has 0 aromatic carbocycles. The topological polar surface area (TPSA) is 92.8 Å². The molecule has 1 atom stereocenters. The number of nitrogens with two attached hydrogens (primary N) is 1. The average Bonchev–Trinajstić information content (AvgIpc) is 1.85. The molecule has 0 aromatic rings. The van der Waals surface area contributed by atoms with Gasteiger partial charge in [0.2, 0.25) is 0 Å². The molecule has 5 nitrogen and oxygen atoms in total. The lowest BCUT2D eigenvalue weighted by molar-refractivity contribution is -0.138. The van der Waals surface area contributed by atoms with Gasteiger partial charge in [-0.25, -0.2) is 0 Å². The molecule has 12 heavy (non-hydrogen) atoms. The van der Waals surface area contributed by atoms with Crippen LogP contribution in [0.25, 0.3) is 0 Å². The molecule has 0 rings (SSSR count). The summed E-state index contributed by atoms with van der Waals surface area (Å²) >= 11 is 0.805. The maximum absolute atomic E-state index is 10.3. The van der Waals surface area contributed by atoms with E-state index in [9.17, 15) is 9.70 Å². The third-order valence-corrected chi connectivity index (χ3v) is 2.05. The Kier molecular flexibility index (Phi) is 4.19. The average molecular weight is 192 g/mol. The molecule has 3 N–H and O–H groups in total. The van der Waals surface area contributed by atoms with Crippen LogP contribution in [0.3, 0.4) is 0 Å². The molecule has 0 amide bonds. The third kappa shape index (κ3) is 4.30. The van der Waals surface area contributed by atoms with E-state index in [0.717, 1.165) is 11.9 Å². The van der Waals surface area contributed by atoms with Crippen molar-refractivity contribution >= 4 is 17.9 Å². The largest absolute Gasteiger partial charge is 0.480 e. The molecule has 0 bridgehead atoms. The second kappa shape index (κ2) is 4.42. The number of carbonyl (C=O) groups is 1. The van der Waals surface area contributed by atoms with Crippen molar-refractivity contribution in [3.63, 3.8) is 0 Å². The molecule has 0 saturated carbocycles. The van der Waals surface area contributed by atoms with Gasteiger partial charge in [-0.05, 0) is 20.3 Å². The van der Waals surface area contributed by atoms with Crippen molar-refractivity contribution in [1.82, 2.24) is 0 Å². The highest BCUT2D eigenvalue weighted by Gasteiger charge is 2.26. The van der Waals surface area contributed by atoms with Crippen LogP contribution in [0, 0.1) is 4.91 Å². The predicted octanol–water partition coefficient (Wildman–Crippen LogP) is 0.982. The summed E-state index contributed by atoms with van der Waals surface area (Å²) in [4.78, 5) is 20.2. The zero-order valence-corrected chi connectivity index (χ0v) is 7.80. The minimum Gasteiger partial charge on any atom is -0.480 e. The number of aliphatic carboxylic acids is 1. The first-order chi connectivity index (χ1) is 5.39. The zero-order chi connectivity index (χ0) is 9.78. The van der Waals surface area contributed by atoms with E-state index in [1.165, 1.54) is 0 Å². The molecule has 0 unspecified atom stereocenters. The molecule has 0 aliphatic heterocycles. The van der Waals surface area contributed by atoms with Crippen molar-refractivity contribution in [2.45, 2.75) is 31.1 Å². The fraction of sp³-hybridized carbons (Fsp3) is 0.833. The van der Waals surface area contributed by atoms with Gasteiger partial charge in [-0.15, -0.1) is 4.91 Å². The number of hydrogen-bond donors (Lipinski definition) is 2. The van der Waals surface area contributed by atoms with Gasteiger partial charge in [-0.3, -0.25) is 4.79 Å². The molecular formula is C6H12N2O3S. The summed E-state index contributed by atoms with van der Waals surface area (Å²) < 4.78 is 2.12. The van der Waals surface area contributed by atoms with E-state index >= 15 is 0 Å². The zero-order valence-electron chi connectivity index (χ0n) is 6.98. The highest BCUT2D eigenvalue weighted by molar-refractivity contribution is 7.99. The number of nitrogens with zero attached hydrogens (tertiary/aromatic N) is 1. The van der Waals surface area contributed by atoms with E-state index in [0.29, 0.717) is 0 Å². The summed E-state index contributed by atoms with van der Waals surface area (Å²) in [6.45, 7) is 3.45. The molecule has 70 valence electrons. The van der Waals surface area contributed by atoms with E-state index < -0.39 is 16.8 Å². The van der Waals surface area contributed by atoms with Crippen molar-refractivity contribution < 1.29 is 9.90 Å². The van der Waals surface area contributed by atoms with E-state index in [1.807, 2.05) is 0 Å². The molecular weight excluding hydrogens is 180 g/mol. The van der Waals surface area contributed by atoms with E-state index in [2.05, 4.69) is 4.58 Å². The normalized spacial score (nSPS) is 13.9. The lowest BCUT2D eigenvalue weighted by Crippen LogP contribution is -2.36. The highest BCUT2D eigenvalue weighted by Crippen LogP contribution is 2.29. The number of carboxylic acids is 1.